The summed E-state index contributed by atoms with van der Waals surface area (Å²) in [5, 5.41) is 9.73. The van der Waals surface area contributed by atoms with E-state index < -0.39 is 0 Å². The minimum atomic E-state index is 0.158. The third kappa shape index (κ3) is 2.81. The first-order valence-corrected chi connectivity index (χ1v) is 7.20. The van der Waals surface area contributed by atoms with Gasteiger partial charge < -0.3 is 5.11 Å². The third-order valence-corrected chi connectivity index (χ3v) is 3.99. The van der Waals surface area contributed by atoms with Crippen molar-refractivity contribution in [2.75, 3.05) is 13.2 Å². The summed E-state index contributed by atoms with van der Waals surface area (Å²) in [5.41, 5.74) is 3.96. The second kappa shape index (κ2) is 6.02. The van der Waals surface area contributed by atoms with Crippen LogP contribution in [0.1, 0.15) is 16.7 Å². The molecule has 2 nitrogen and oxygen atoms in total. The number of hydrogen-bond donors (Lipinski definition) is 1. The normalized spacial score (nSPS) is 15.3. The van der Waals surface area contributed by atoms with E-state index in [0.717, 1.165) is 19.4 Å². The number of rotatable bonds is 4. The molecule has 1 atom stereocenters. The molecule has 1 aliphatic rings. The summed E-state index contributed by atoms with van der Waals surface area (Å²) in [6.45, 7) is 1.17. The minimum absolute atomic E-state index is 0.158. The van der Waals surface area contributed by atoms with Crippen molar-refractivity contribution in [1.82, 2.24) is 0 Å². The zero-order chi connectivity index (χ0) is 13.8. The summed E-state index contributed by atoms with van der Waals surface area (Å²) in [6, 6.07) is 19.1. The summed E-state index contributed by atoms with van der Waals surface area (Å²) < 4.78 is 2.29. The lowest BCUT2D eigenvalue weighted by Crippen LogP contribution is -2.36. The fraction of sp³-hybridized carbons (Fsp3) is 0.278. The Morgan fingerprint density at radius 1 is 1.00 bits per heavy atom. The van der Waals surface area contributed by atoms with Crippen molar-refractivity contribution in [3.8, 4) is 0 Å². The molecule has 0 fully saturated rings. The van der Waals surface area contributed by atoms with Gasteiger partial charge in [-0.05, 0) is 17.2 Å². The Labute approximate surface area is 120 Å². The molecule has 1 N–H and O–H groups in total. The van der Waals surface area contributed by atoms with Crippen molar-refractivity contribution in [3.63, 3.8) is 0 Å². The third-order valence-electron chi connectivity index (χ3n) is 3.99. The smallest absolute Gasteiger partial charge is 0.179 e. The summed E-state index contributed by atoms with van der Waals surface area (Å²) in [4.78, 5) is 0. The van der Waals surface area contributed by atoms with Crippen LogP contribution in [0.5, 0.6) is 0 Å². The lowest BCUT2D eigenvalue weighted by atomic mass is 10.00. The van der Waals surface area contributed by atoms with E-state index in [9.17, 15) is 5.11 Å². The summed E-state index contributed by atoms with van der Waals surface area (Å²) in [6.07, 6.45) is 4.14. The van der Waals surface area contributed by atoms with E-state index in [1.54, 1.807) is 0 Å². The van der Waals surface area contributed by atoms with E-state index in [1.807, 2.05) is 6.07 Å². The van der Waals surface area contributed by atoms with Crippen molar-refractivity contribution < 1.29 is 9.68 Å². The van der Waals surface area contributed by atoms with E-state index in [0.29, 0.717) is 0 Å². The van der Waals surface area contributed by atoms with Crippen LogP contribution in [-0.4, -0.2) is 35.1 Å². The Morgan fingerprint density at radius 3 is 2.55 bits per heavy atom. The number of hydrogen-bond acceptors (Lipinski definition) is 1. The monoisotopic (exact) mass is 266 g/mol. The van der Waals surface area contributed by atoms with Crippen LogP contribution < -0.4 is 0 Å². The summed E-state index contributed by atoms with van der Waals surface area (Å²) in [5.74, 6) is 0. The topological polar surface area (TPSA) is 23.2 Å². The lowest BCUT2D eigenvalue weighted by molar-refractivity contribution is -0.565. The molecule has 0 amide bonds. The number of fused-ring (bicyclic) bond motifs is 1. The Bertz CT molecular complexity index is 604. The highest BCUT2D eigenvalue weighted by atomic mass is 16.3. The zero-order valence-corrected chi connectivity index (χ0v) is 11.6. The molecule has 0 aliphatic carbocycles. The maximum absolute atomic E-state index is 9.73. The Morgan fingerprint density at radius 2 is 1.75 bits per heavy atom. The molecule has 0 aromatic heterocycles. The molecule has 20 heavy (non-hydrogen) atoms. The van der Waals surface area contributed by atoms with Crippen molar-refractivity contribution in [2.45, 2.75) is 18.9 Å². The SMILES string of the molecule is OC[C@H](Cc1ccccc1)[N+]1=Cc2ccccc2CC1. The number of aliphatic hydroxyl groups is 1. The molecule has 0 saturated carbocycles. The Balaban J connectivity index is 1.82. The standard InChI is InChI=1S/C18H20NO/c20-14-18(12-15-6-2-1-3-7-15)19-11-10-16-8-4-5-9-17(16)13-19/h1-9,13,18,20H,10-12,14H2/q+1/t18-/m0/s1. The molecule has 0 bridgehead atoms. The summed E-state index contributed by atoms with van der Waals surface area (Å²) in [7, 11) is 0. The fourth-order valence-corrected chi connectivity index (χ4v) is 2.84. The van der Waals surface area contributed by atoms with Gasteiger partial charge in [-0.1, -0.05) is 48.5 Å². The van der Waals surface area contributed by atoms with Crippen LogP contribution in [0, 0.1) is 0 Å². The van der Waals surface area contributed by atoms with Crippen LogP contribution in [0.2, 0.25) is 0 Å². The van der Waals surface area contributed by atoms with Crippen molar-refractivity contribution in [3.05, 3.63) is 71.3 Å². The number of aliphatic hydroxyl groups excluding tert-OH is 1. The average Bonchev–Trinajstić information content (AvgIpc) is 2.53. The quantitative estimate of drug-likeness (QED) is 0.843. The predicted octanol–water partition coefficient (Wildman–Crippen LogP) is 2.28. The maximum atomic E-state index is 9.73. The van der Waals surface area contributed by atoms with Gasteiger partial charge in [-0.25, -0.2) is 4.58 Å². The van der Waals surface area contributed by atoms with Gasteiger partial charge in [0.15, 0.2) is 12.3 Å². The van der Waals surface area contributed by atoms with Crippen molar-refractivity contribution >= 4 is 6.21 Å². The molecule has 0 radical (unpaired) electrons. The van der Waals surface area contributed by atoms with Gasteiger partial charge in [0.2, 0.25) is 0 Å². The van der Waals surface area contributed by atoms with Gasteiger partial charge in [-0.15, -0.1) is 0 Å². The van der Waals surface area contributed by atoms with Crippen LogP contribution >= 0.6 is 0 Å². The van der Waals surface area contributed by atoms with E-state index in [4.69, 9.17) is 0 Å². The zero-order valence-electron chi connectivity index (χ0n) is 11.6. The Hall–Kier alpha value is -1.93. The first-order valence-electron chi connectivity index (χ1n) is 7.20. The van der Waals surface area contributed by atoms with Crippen LogP contribution in [0.25, 0.3) is 0 Å². The van der Waals surface area contributed by atoms with Crippen LogP contribution in [0.3, 0.4) is 0 Å². The maximum Gasteiger partial charge on any atom is 0.179 e. The highest BCUT2D eigenvalue weighted by Gasteiger charge is 2.24. The van der Waals surface area contributed by atoms with E-state index in [1.165, 1.54) is 16.7 Å². The fourth-order valence-electron chi connectivity index (χ4n) is 2.84. The first kappa shape index (κ1) is 13.1. The summed E-state index contributed by atoms with van der Waals surface area (Å²) >= 11 is 0. The largest absolute Gasteiger partial charge is 0.389 e. The highest BCUT2D eigenvalue weighted by Crippen LogP contribution is 2.14. The lowest BCUT2D eigenvalue weighted by Gasteiger charge is -2.18. The minimum Gasteiger partial charge on any atom is -0.389 e. The van der Waals surface area contributed by atoms with Crippen LogP contribution in [0.15, 0.2) is 54.6 Å². The van der Waals surface area contributed by atoms with Gasteiger partial charge in [-0.3, -0.25) is 0 Å². The Kier molecular flexibility index (Phi) is 3.93. The van der Waals surface area contributed by atoms with Gasteiger partial charge in [0.05, 0.1) is 0 Å². The molecule has 2 heteroatoms. The molecule has 3 rings (SSSR count). The second-order valence-electron chi connectivity index (χ2n) is 5.34. The van der Waals surface area contributed by atoms with Crippen molar-refractivity contribution in [2.24, 2.45) is 0 Å². The van der Waals surface area contributed by atoms with E-state index in [-0.39, 0.29) is 12.6 Å². The molecule has 2 aromatic carbocycles. The molecule has 1 heterocycles. The first-order chi connectivity index (χ1) is 9.86. The van der Waals surface area contributed by atoms with E-state index >= 15 is 0 Å². The van der Waals surface area contributed by atoms with Gasteiger partial charge in [-0.2, -0.15) is 0 Å². The molecule has 0 unspecified atom stereocenters. The molecule has 0 spiro atoms. The van der Waals surface area contributed by atoms with Crippen molar-refractivity contribution in [1.29, 1.82) is 0 Å². The molecule has 102 valence electrons. The van der Waals surface area contributed by atoms with Crippen LogP contribution in [-0.2, 0) is 12.8 Å². The average molecular weight is 266 g/mol. The van der Waals surface area contributed by atoms with Gasteiger partial charge in [0.25, 0.3) is 0 Å². The molecular formula is C18H20NO+. The van der Waals surface area contributed by atoms with E-state index in [2.05, 4.69) is 59.3 Å². The van der Waals surface area contributed by atoms with Gasteiger partial charge >= 0.3 is 0 Å². The molecule has 0 saturated heterocycles. The van der Waals surface area contributed by atoms with Crippen LogP contribution in [0.4, 0.5) is 0 Å². The predicted molar refractivity (Wildman–Crippen MR) is 81.5 cm³/mol. The number of benzene rings is 2. The second-order valence-corrected chi connectivity index (χ2v) is 5.34. The molecule has 1 aliphatic heterocycles. The molecule has 2 aromatic rings. The van der Waals surface area contributed by atoms with Gasteiger partial charge in [0.1, 0.15) is 13.2 Å². The number of nitrogens with zero attached hydrogens (tertiary/aromatic N) is 1. The highest BCUT2D eigenvalue weighted by molar-refractivity contribution is 5.78. The van der Waals surface area contributed by atoms with Gasteiger partial charge in [0, 0.05) is 18.4 Å². The molecular weight excluding hydrogens is 246 g/mol.